The fourth-order valence-corrected chi connectivity index (χ4v) is 1.83. The minimum atomic E-state index is -0.385. The van der Waals surface area contributed by atoms with Gasteiger partial charge in [0, 0.05) is 16.2 Å². The second-order valence-electron chi connectivity index (χ2n) is 3.03. The molecule has 2 rings (SSSR count). The maximum Gasteiger partial charge on any atom is 0.265 e. The number of hydrogen-bond donors (Lipinski definition) is 1. The summed E-state index contributed by atoms with van der Waals surface area (Å²) in [5, 5.41) is 0. The van der Waals surface area contributed by atoms with E-state index >= 15 is 0 Å². The molecule has 0 aliphatic rings. The summed E-state index contributed by atoms with van der Waals surface area (Å²) in [5.74, 6) is -0.0663. The van der Waals surface area contributed by atoms with Gasteiger partial charge in [0.05, 0.1) is 0 Å². The monoisotopic (exact) mass is 346 g/mol. The number of halogens is 3. The largest absolute Gasteiger partial charge is 0.306 e. The Labute approximate surface area is 107 Å². The van der Waals surface area contributed by atoms with Crippen LogP contribution < -0.4 is 5.56 Å². The molecule has 1 aromatic carbocycles. The van der Waals surface area contributed by atoms with Crippen LogP contribution in [0.15, 0.2) is 38.1 Å². The fourth-order valence-electron chi connectivity index (χ4n) is 1.20. The van der Waals surface area contributed by atoms with Gasteiger partial charge in [-0.05, 0) is 34.1 Å². The summed E-state index contributed by atoms with van der Waals surface area (Å²) >= 11 is 6.31. The molecule has 1 heterocycles. The van der Waals surface area contributed by atoms with Crippen molar-refractivity contribution in [1.82, 2.24) is 9.97 Å². The number of nitrogens with zero attached hydrogens (tertiary/aromatic N) is 1. The predicted molar refractivity (Wildman–Crippen MR) is 65.7 cm³/mol. The predicted octanol–water partition coefficient (Wildman–Crippen LogP) is 3.10. The number of aromatic amines is 1. The Morgan fingerprint density at radius 2 is 2.00 bits per heavy atom. The summed E-state index contributed by atoms with van der Waals surface area (Å²) < 4.78 is 14.1. The lowest BCUT2D eigenvalue weighted by atomic mass is 10.2. The zero-order valence-corrected chi connectivity index (χ0v) is 11.0. The zero-order valence-electron chi connectivity index (χ0n) is 7.80. The van der Waals surface area contributed by atoms with Gasteiger partial charge in [0.15, 0.2) is 0 Å². The lowest BCUT2D eigenvalue weighted by molar-refractivity contribution is 0.628. The van der Waals surface area contributed by atoms with Crippen molar-refractivity contribution in [3.63, 3.8) is 0 Å². The molecule has 82 valence electrons. The maximum absolute atomic E-state index is 13.1. The molecule has 0 saturated heterocycles. The van der Waals surface area contributed by atoms with E-state index in [1.54, 1.807) is 6.07 Å². The Balaban J connectivity index is 2.63. The van der Waals surface area contributed by atoms with E-state index in [1.165, 1.54) is 18.3 Å². The molecule has 0 aliphatic heterocycles. The SMILES string of the molecule is O=c1[nH]c(-c2cc(F)ccc2Br)ncc1Br. The Hall–Kier alpha value is -1.01. The zero-order chi connectivity index (χ0) is 11.7. The standard InChI is InChI=1S/C10H5Br2FN2O/c11-7-2-1-5(13)3-6(7)9-14-4-8(12)10(16)15-9/h1-4H,(H,14,15,16). The minimum absolute atomic E-state index is 0.304. The summed E-state index contributed by atoms with van der Waals surface area (Å²) in [6.07, 6.45) is 1.38. The highest BCUT2D eigenvalue weighted by Crippen LogP contribution is 2.25. The topological polar surface area (TPSA) is 45.8 Å². The molecule has 0 bridgehead atoms. The van der Waals surface area contributed by atoms with Crippen molar-refractivity contribution in [2.24, 2.45) is 0 Å². The minimum Gasteiger partial charge on any atom is -0.306 e. The van der Waals surface area contributed by atoms with Crippen LogP contribution in [0.4, 0.5) is 4.39 Å². The van der Waals surface area contributed by atoms with E-state index in [2.05, 4.69) is 41.8 Å². The molecular formula is C10H5Br2FN2O. The highest BCUT2D eigenvalue weighted by atomic mass is 79.9. The number of benzene rings is 1. The molecule has 0 aliphatic carbocycles. The van der Waals surface area contributed by atoms with E-state index in [9.17, 15) is 9.18 Å². The van der Waals surface area contributed by atoms with Crippen LogP contribution in [0, 0.1) is 5.82 Å². The molecule has 16 heavy (non-hydrogen) atoms. The number of nitrogens with one attached hydrogen (secondary N) is 1. The van der Waals surface area contributed by atoms with Crippen molar-refractivity contribution >= 4 is 31.9 Å². The molecule has 0 amide bonds. The summed E-state index contributed by atoms with van der Waals surface area (Å²) in [6.45, 7) is 0. The van der Waals surface area contributed by atoms with Crippen LogP contribution in [0.2, 0.25) is 0 Å². The van der Waals surface area contributed by atoms with Crippen molar-refractivity contribution in [2.75, 3.05) is 0 Å². The van der Waals surface area contributed by atoms with Crippen molar-refractivity contribution < 1.29 is 4.39 Å². The van der Waals surface area contributed by atoms with Crippen molar-refractivity contribution in [2.45, 2.75) is 0 Å². The third-order valence-corrected chi connectivity index (χ3v) is 3.20. The first-order chi connectivity index (χ1) is 7.58. The Morgan fingerprint density at radius 1 is 1.25 bits per heavy atom. The van der Waals surface area contributed by atoms with E-state index in [0.717, 1.165) is 0 Å². The lowest BCUT2D eigenvalue weighted by Crippen LogP contribution is -2.09. The van der Waals surface area contributed by atoms with Crippen LogP contribution in [0.3, 0.4) is 0 Å². The second kappa shape index (κ2) is 4.47. The number of rotatable bonds is 1. The second-order valence-corrected chi connectivity index (χ2v) is 4.74. The van der Waals surface area contributed by atoms with Gasteiger partial charge in [0.25, 0.3) is 5.56 Å². The fraction of sp³-hybridized carbons (Fsp3) is 0. The van der Waals surface area contributed by atoms with Gasteiger partial charge in [-0.15, -0.1) is 0 Å². The van der Waals surface area contributed by atoms with Gasteiger partial charge >= 0.3 is 0 Å². The van der Waals surface area contributed by atoms with E-state index < -0.39 is 0 Å². The molecule has 0 radical (unpaired) electrons. The van der Waals surface area contributed by atoms with Crippen molar-refractivity contribution in [1.29, 1.82) is 0 Å². The van der Waals surface area contributed by atoms with Gasteiger partial charge < -0.3 is 4.98 Å². The van der Waals surface area contributed by atoms with Gasteiger partial charge in [-0.1, -0.05) is 15.9 Å². The third kappa shape index (κ3) is 2.22. The molecule has 1 aromatic heterocycles. The normalized spacial score (nSPS) is 10.4. The third-order valence-electron chi connectivity index (χ3n) is 1.94. The summed E-state index contributed by atoms with van der Waals surface area (Å²) in [6, 6.07) is 4.19. The Bertz CT molecular complexity index is 598. The van der Waals surface area contributed by atoms with Crippen LogP contribution in [-0.2, 0) is 0 Å². The smallest absolute Gasteiger partial charge is 0.265 e. The van der Waals surface area contributed by atoms with E-state index in [-0.39, 0.29) is 11.4 Å². The van der Waals surface area contributed by atoms with Crippen LogP contribution in [-0.4, -0.2) is 9.97 Å². The summed E-state index contributed by atoms with van der Waals surface area (Å²) in [5.41, 5.74) is 0.200. The first kappa shape index (κ1) is 11.5. The van der Waals surface area contributed by atoms with Gasteiger partial charge in [-0.2, -0.15) is 0 Å². The van der Waals surface area contributed by atoms with Crippen LogP contribution in [0.1, 0.15) is 0 Å². The quantitative estimate of drug-likeness (QED) is 0.861. The molecule has 0 unspecified atom stereocenters. The maximum atomic E-state index is 13.1. The van der Waals surface area contributed by atoms with Gasteiger partial charge in [-0.25, -0.2) is 9.37 Å². The molecular weight excluding hydrogens is 343 g/mol. The van der Waals surface area contributed by atoms with Gasteiger partial charge in [-0.3, -0.25) is 4.79 Å². The Kier molecular flexibility index (Phi) is 3.20. The molecule has 2 aromatic rings. The Morgan fingerprint density at radius 3 is 2.69 bits per heavy atom. The van der Waals surface area contributed by atoms with Crippen molar-refractivity contribution in [3.8, 4) is 11.4 Å². The van der Waals surface area contributed by atoms with E-state index in [4.69, 9.17) is 0 Å². The van der Waals surface area contributed by atoms with E-state index in [0.29, 0.717) is 20.3 Å². The first-order valence-electron chi connectivity index (χ1n) is 4.28. The number of aromatic nitrogens is 2. The molecule has 6 heteroatoms. The molecule has 1 N–H and O–H groups in total. The van der Waals surface area contributed by atoms with Crippen molar-refractivity contribution in [3.05, 3.63) is 49.5 Å². The highest BCUT2D eigenvalue weighted by Gasteiger charge is 2.08. The molecule has 0 fully saturated rings. The number of H-pyrrole nitrogens is 1. The molecule has 0 spiro atoms. The first-order valence-corrected chi connectivity index (χ1v) is 5.87. The van der Waals surface area contributed by atoms with Crippen LogP contribution in [0.5, 0.6) is 0 Å². The summed E-state index contributed by atoms with van der Waals surface area (Å²) in [4.78, 5) is 17.9. The van der Waals surface area contributed by atoms with Gasteiger partial charge in [0.2, 0.25) is 0 Å². The van der Waals surface area contributed by atoms with E-state index in [1.807, 2.05) is 0 Å². The van der Waals surface area contributed by atoms with Crippen LogP contribution >= 0.6 is 31.9 Å². The molecule has 0 saturated carbocycles. The average Bonchev–Trinajstić information content (AvgIpc) is 2.26. The number of hydrogen-bond acceptors (Lipinski definition) is 2. The molecule has 0 atom stereocenters. The molecule has 3 nitrogen and oxygen atoms in total. The summed E-state index contributed by atoms with van der Waals surface area (Å²) in [7, 11) is 0. The van der Waals surface area contributed by atoms with Crippen LogP contribution in [0.25, 0.3) is 11.4 Å². The average molecular weight is 348 g/mol. The lowest BCUT2D eigenvalue weighted by Gasteiger charge is -2.03. The highest BCUT2D eigenvalue weighted by molar-refractivity contribution is 9.10. The van der Waals surface area contributed by atoms with Gasteiger partial charge in [0.1, 0.15) is 16.1 Å².